The van der Waals surface area contributed by atoms with Crippen molar-refractivity contribution in [1.82, 2.24) is 14.5 Å². The van der Waals surface area contributed by atoms with Gasteiger partial charge in [0.2, 0.25) is 0 Å². The van der Waals surface area contributed by atoms with Crippen LogP contribution in [-0.2, 0) is 17.8 Å². The number of aromatic nitrogens is 2. The van der Waals surface area contributed by atoms with Crippen molar-refractivity contribution in [2.45, 2.75) is 32.7 Å². The Balaban J connectivity index is 1.71. The first kappa shape index (κ1) is 24.4. The molecule has 3 aromatic rings. The minimum Gasteiger partial charge on any atom is -0.478 e. The van der Waals surface area contributed by atoms with Crippen LogP contribution >= 0.6 is 0 Å². The van der Waals surface area contributed by atoms with Crippen molar-refractivity contribution in [3.8, 4) is 0 Å². The molecule has 7 heteroatoms. The topological polar surface area (TPSA) is 78.7 Å². The van der Waals surface area contributed by atoms with E-state index in [4.69, 9.17) is 0 Å². The highest BCUT2D eigenvalue weighted by Gasteiger charge is 2.32. The van der Waals surface area contributed by atoms with E-state index in [9.17, 15) is 14.7 Å². The lowest BCUT2D eigenvalue weighted by atomic mass is 10.1. The number of likely N-dealkylation sites (N-methyl/N-ethyl adjacent to an activating group) is 1. The van der Waals surface area contributed by atoms with E-state index in [1.54, 1.807) is 12.1 Å². The molecule has 1 aromatic heterocycles. The summed E-state index contributed by atoms with van der Waals surface area (Å²) in [7, 11) is 4.01. The molecule has 0 fully saturated rings. The van der Waals surface area contributed by atoms with E-state index >= 15 is 0 Å². The van der Waals surface area contributed by atoms with Gasteiger partial charge >= 0.3 is 5.97 Å². The van der Waals surface area contributed by atoms with Crippen molar-refractivity contribution in [1.29, 1.82) is 0 Å². The summed E-state index contributed by atoms with van der Waals surface area (Å²) in [6, 6.07) is 14.8. The summed E-state index contributed by atoms with van der Waals surface area (Å²) in [5.41, 5.74) is 4.65. The Morgan fingerprint density at radius 1 is 1.11 bits per heavy atom. The third-order valence-corrected chi connectivity index (χ3v) is 6.29. The predicted octanol–water partition coefficient (Wildman–Crippen LogP) is 4.42. The number of fused-ring (bicyclic) bond motifs is 1. The monoisotopic (exact) mass is 472 g/mol. The van der Waals surface area contributed by atoms with Gasteiger partial charge in [-0.25, -0.2) is 9.78 Å². The van der Waals surface area contributed by atoms with E-state index in [-0.39, 0.29) is 11.5 Å². The fraction of sp³-hybridized carbons (Fsp3) is 0.321. The van der Waals surface area contributed by atoms with Crippen LogP contribution in [-0.4, -0.2) is 58.6 Å². The number of unbranched alkanes of at least 4 members (excludes halogenated alkanes) is 1. The maximum Gasteiger partial charge on any atom is 0.335 e. The first-order valence-corrected chi connectivity index (χ1v) is 12.0. The van der Waals surface area contributed by atoms with Crippen molar-refractivity contribution in [2.24, 2.45) is 0 Å². The van der Waals surface area contributed by atoms with Gasteiger partial charge in [-0.05, 0) is 50.4 Å². The van der Waals surface area contributed by atoms with Gasteiger partial charge in [-0.15, -0.1) is 0 Å². The summed E-state index contributed by atoms with van der Waals surface area (Å²) < 4.78 is 2.14. The largest absolute Gasteiger partial charge is 0.478 e. The molecule has 1 aliphatic rings. The van der Waals surface area contributed by atoms with E-state index in [0.717, 1.165) is 54.1 Å². The first-order chi connectivity index (χ1) is 16.9. The van der Waals surface area contributed by atoms with E-state index in [2.05, 4.69) is 21.4 Å². The maximum absolute atomic E-state index is 13.5. The fourth-order valence-electron chi connectivity index (χ4n) is 4.31. The predicted molar refractivity (Wildman–Crippen MR) is 139 cm³/mol. The van der Waals surface area contributed by atoms with Crippen molar-refractivity contribution in [2.75, 3.05) is 32.1 Å². The lowest BCUT2D eigenvalue weighted by molar-refractivity contribution is -0.113. The normalized spacial score (nSPS) is 14.2. The molecule has 1 N–H and O–H groups in total. The second kappa shape index (κ2) is 10.7. The third kappa shape index (κ3) is 5.35. The minimum atomic E-state index is -0.939. The highest BCUT2D eigenvalue weighted by Crippen LogP contribution is 2.37. The van der Waals surface area contributed by atoms with Crippen molar-refractivity contribution < 1.29 is 14.7 Å². The number of amides is 1. The summed E-state index contributed by atoms with van der Waals surface area (Å²) in [4.78, 5) is 33.3. The summed E-state index contributed by atoms with van der Waals surface area (Å²) in [5, 5.41) is 9.21. The zero-order valence-electron chi connectivity index (χ0n) is 20.6. The Morgan fingerprint density at radius 2 is 1.86 bits per heavy atom. The van der Waals surface area contributed by atoms with Crippen LogP contribution in [0.15, 0.2) is 54.7 Å². The van der Waals surface area contributed by atoms with Gasteiger partial charge in [0.15, 0.2) is 0 Å². The Morgan fingerprint density at radius 3 is 2.54 bits per heavy atom. The van der Waals surface area contributed by atoms with Crippen LogP contribution in [0.1, 0.15) is 52.8 Å². The van der Waals surface area contributed by atoms with Crippen molar-refractivity contribution >= 4 is 29.2 Å². The number of aryl methyl sites for hydroxylation is 1. The number of para-hydroxylation sites is 1. The van der Waals surface area contributed by atoms with Crippen LogP contribution < -0.4 is 4.90 Å². The first-order valence-electron chi connectivity index (χ1n) is 12.0. The summed E-state index contributed by atoms with van der Waals surface area (Å²) in [6.07, 6.45) is 6.70. The highest BCUT2D eigenvalue weighted by atomic mass is 16.4. The summed E-state index contributed by atoms with van der Waals surface area (Å²) in [6.45, 7) is 4.10. The Labute approximate surface area is 206 Å². The molecule has 0 aliphatic carbocycles. The molecule has 35 heavy (non-hydrogen) atoms. The molecule has 7 nitrogen and oxygen atoms in total. The molecule has 0 bridgehead atoms. The van der Waals surface area contributed by atoms with Crippen LogP contribution in [0.2, 0.25) is 0 Å². The second-order valence-electron chi connectivity index (χ2n) is 9.13. The number of benzene rings is 2. The Kier molecular flexibility index (Phi) is 7.46. The van der Waals surface area contributed by atoms with E-state index in [0.29, 0.717) is 18.7 Å². The molecule has 0 saturated heterocycles. The number of hydrogen-bond donors (Lipinski definition) is 1. The number of carboxylic acids is 1. The fourth-order valence-corrected chi connectivity index (χ4v) is 4.31. The molecular formula is C28H32N4O3. The van der Waals surface area contributed by atoms with Gasteiger partial charge in [0.25, 0.3) is 5.91 Å². The molecule has 1 amide bonds. The second-order valence-corrected chi connectivity index (χ2v) is 9.13. The molecule has 1 aliphatic heterocycles. The Bertz CT molecular complexity index is 1240. The van der Waals surface area contributed by atoms with Gasteiger partial charge in [-0.2, -0.15) is 0 Å². The average Bonchev–Trinajstić information content (AvgIpc) is 3.34. The van der Waals surface area contributed by atoms with Crippen LogP contribution in [0.25, 0.3) is 11.6 Å². The molecular weight excluding hydrogens is 440 g/mol. The zero-order valence-corrected chi connectivity index (χ0v) is 20.6. The van der Waals surface area contributed by atoms with Crippen LogP contribution in [0.3, 0.4) is 0 Å². The number of carbonyl (C=O) groups excluding carboxylic acids is 1. The highest BCUT2D eigenvalue weighted by molar-refractivity contribution is 6.35. The van der Waals surface area contributed by atoms with Crippen LogP contribution in [0, 0.1) is 0 Å². The number of anilines is 1. The van der Waals surface area contributed by atoms with Crippen LogP contribution in [0.4, 0.5) is 5.69 Å². The third-order valence-electron chi connectivity index (χ3n) is 6.29. The molecule has 0 spiro atoms. The molecule has 182 valence electrons. The number of aromatic carboxylic acids is 1. The minimum absolute atomic E-state index is 0.00159. The average molecular weight is 473 g/mol. The summed E-state index contributed by atoms with van der Waals surface area (Å²) in [5.74, 6) is 0.0244. The summed E-state index contributed by atoms with van der Waals surface area (Å²) >= 11 is 0. The number of rotatable bonds is 10. The van der Waals surface area contributed by atoms with E-state index in [1.807, 2.05) is 67.7 Å². The standard InChI is InChI=1S/C28H32N4O3/c1-4-5-10-26-29-18-22(32(26)19-20-11-13-21(14-12-20)28(34)35)17-24-23-8-6-7-9-25(23)31(27(24)33)16-15-30(2)3/h6-9,11-14,17-18H,4-5,10,15-16,19H2,1-3H3,(H,34,35). The molecule has 2 heterocycles. The zero-order chi connectivity index (χ0) is 24.9. The smallest absolute Gasteiger partial charge is 0.335 e. The van der Waals surface area contributed by atoms with Gasteiger partial charge in [0.05, 0.1) is 28.7 Å². The molecule has 2 aromatic carbocycles. The number of carbonyl (C=O) groups is 2. The number of carboxylic acid groups (broad SMARTS) is 1. The van der Waals surface area contributed by atoms with E-state index < -0.39 is 5.97 Å². The maximum atomic E-state index is 13.5. The number of hydrogen-bond acceptors (Lipinski definition) is 4. The number of nitrogens with zero attached hydrogens (tertiary/aromatic N) is 4. The van der Waals surface area contributed by atoms with Gasteiger partial charge in [-0.3, -0.25) is 4.79 Å². The van der Waals surface area contributed by atoms with Gasteiger partial charge in [0.1, 0.15) is 5.82 Å². The van der Waals surface area contributed by atoms with Gasteiger partial charge < -0.3 is 19.5 Å². The molecule has 0 saturated carbocycles. The Hall–Kier alpha value is -3.71. The molecule has 0 atom stereocenters. The molecule has 4 rings (SSSR count). The van der Waals surface area contributed by atoms with Gasteiger partial charge in [-0.1, -0.05) is 43.7 Å². The quantitative estimate of drug-likeness (QED) is 0.442. The van der Waals surface area contributed by atoms with Crippen molar-refractivity contribution in [3.63, 3.8) is 0 Å². The van der Waals surface area contributed by atoms with Gasteiger partial charge in [0, 0.05) is 31.6 Å². The number of imidazole rings is 1. The van der Waals surface area contributed by atoms with E-state index in [1.165, 1.54) is 0 Å². The SMILES string of the molecule is CCCCc1ncc(C=C2C(=O)N(CCN(C)C)c3ccccc32)n1Cc1ccc(C(=O)O)cc1. The lowest BCUT2D eigenvalue weighted by Crippen LogP contribution is -2.33. The lowest BCUT2D eigenvalue weighted by Gasteiger charge is -2.19. The molecule has 0 radical (unpaired) electrons. The van der Waals surface area contributed by atoms with Crippen LogP contribution in [0.5, 0.6) is 0 Å². The molecule has 0 unspecified atom stereocenters. The van der Waals surface area contributed by atoms with Crippen molar-refractivity contribution in [3.05, 3.63) is 82.9 Å².